The first-order valence-electron chi connectivity index (χ1n) is 6.63. The summed E-state index contributed by atoms with van der Waals surface area (Å²) in [7, 11) is 0. The van der Waals surface area contributed by atoms with Crippen LogP contribution in [-0.2, 0) is 0 Å². The van der Waals surface area contributed by atoms with Gasteiger partial charge in [-0.2, -0.15) is 0 Å². The van der Waals surface area contributed by atoms with Gasteiger partial charge in [0.2, 0.25) is 0 Å². The Morgan fingerprint density at radius 1 is 1.28 bits per heavy atom. The molecule has 0 aliphatic rings. The summed E-state index contributed by atoms with van der Waals surface area (Å²) < 4.78 is 0. The molecule has 0 atom stereocenters. The van der Waals surface area contributed by atoms with Gasteiger partial charge < -0.3 is 11.1 Å². The molecule has 0 radical (unpaired) electrons. The lowest BCUT2D eigenvalue weighted by atomic mass is 10.2. The molecule has 0 saturated carbocycles. The maximum atomic E-state index is 5.86. The number of rotatable bonds is 6. The molecule has 0 saturated heterocycles. The third kappa shape index (κ3) is 4.18. The number of nitrogen functional groups attached to an aromatic ring is 1. The fourth-order valence-corrected chi connectivity index (χ4v) is 2.06. The van der Waals surface area contributed by atoms with Crippen LogP contribution in [0.3, 0.4) is 0 Å². The Bertz CT molecular complexity index is 366. The molecule has 0 spiro atoms. The predicted molar refractivity (Wildman–Crippen MR) is 78.9 cm³/mol. The molecule has 1 rings (SSSR count). The molecular formula is C14H26N4. The number of nitrogens with one attached hydrogen (secondary N) is 1. The van der Waals surface area contributed by atoms with E-state index in [1.807, 2.05) is 13.0 Å². The van der Waals surface area contributed by atoms with Crippen LogP contribution in [0.25, 0.3) is 0 Å². The minimum absolute atomic E-state index is 0.558. The van der Waals surface area contributed by atoms with E-state index >= 15 is 0 Å². The summed E-state index contributed by atoms with van der Waals surface area (Å²) in [6.45, 7) is 12.7. The summed E-state index contributed by atoms with van der Waals surface area (Å²) in [5, 5.41) is 3.32. The van der Waals surface area contributed by atoms with Crippen LogP contribution in [0.5, 0.6) is 0 Å². The minimum atomic E-state index is 0.558. The van der Waals surface area contributed by atoms with Crippen LogP contribution in [-0.4, -0.2) is 35.1 Å². The van der Waals surface area contributed by atoms with Gasteiger partial charge in [0.05, 0.1) is 0 Å². The monoisotopic (exact) mass is 250 g/mol. The highest BCUT2D eigenvalue weighted by Gasteiger charge is 2.12. The van der Waals surface area contributed by atoms with Crippen molar-refractivity contribution in [3.63, 3.8) is 0 Å². The van der Waals surface area contributed by atoms with E-state index in [-0.39, 0.29) is 0 Å². The lowest BCUT2D eigenvalue weighted by Gasteiger charge is -2.30. The first kappa shape index (κ1) is 14.8. The largest absolute Gasteiger partial charge is 0.398 e. The summed E-state index contributed by atoms with van der Waals surface area (Å²) in [6, 6.07) is 3.01. The Morgan fingerprint density at radius 3 is 2.39 bits per heavy atom. The fourth-order valence-electron chi connectivity index (χ4n) is 2.06. The molecule has 1 aromatic rings. The maximum absolute atomic E-state index is 5.86. The van der Waals surface area contributed by atoms with Gasteiger partial charge in [0, 0.05) is 43.1 Å². The average Bonchev–Trinajstić information content (AvgIpc) is 2.28. The van der Waals surface area contributed by atoms with Gasteiger partial charge in [-0.25, -0.2) is 4.98 Å². The van der Waals surface area contributed by atoms with E-state index in [9.17, 15) is 0 Å². The number of nitrogens with two attached hydrogens (primary N) is 1. The summed E-state index contributed by atoms with van der Waals surface area (Å²) >= 11 is 0. The number of aryl methyl sites for hydroxylation is 1. The van der Waals surface area contributed by atoms with Crippen molar-refractivity contribution in [2.75, 3.05) is 24.1 Å². The van der Waals surface area contributed by atoms with E-state index < -0.39 is 0 Å². The van der Waals surface area contributed by atoms with Gasteiger partial charge in [0.25, 0.3) is 0 Å². The number of aromatic nitrogens is 1. The maximum Gasteiger partial charge on any atom is 0.128 e. The van der Waals surface area contributed by atoms with E-state index in [4.69, 9.17) is 5.73 Å². The Morgan fingerprint density at radius 2 is 1.89 bits per heavy atom. The molecule has 0 amide bonds. The molecular weight excluding hydrogens is 224 g/mol. The second kappa shape index (κ2) is 6.59. The van der Waals surface area contributed by atoms with Crippen LogP contribution in [0.1, 0.15) is 33.3 Å². The Kier molecular flexibility index (Phi) is 5.41. The van der Waals surface area contributed by atoms with Crippen LogP contribution in [0.15, 0.2) is 12.3 Å². The van der Waals surface area contributed by atoms with Crippen molar-refractivity contribution in [3.8, 4) is 0 Å². The van der Waals surface area contributed by atoms with Crippen molar-refractivity contribution in [2.24, 2.45) is 0 Å². The van der Waals surface area contributed by atoms with Crippen molar-refractivity contribution in [1.29, 1.82) is 0 Å². The molecule has 0 aliphatic heterocycles. The quantitative estimate of drug-likeness (QED) is 0.814. The lowest BCUT2D eigenvalue weighted by molar-refractivity contribution is 0.182. The third-order valence-electron chi connectivity index (χ3n) is 3.15. The van der Waals surface area contributed by atoms with E-state index in [2.05, 4.69) is 42.9 Å². The zero-order valence-corrected chi connectivity index (χ0v) is 12.2. The van der Waals surface area contributed by atoms with Gasteiger partial charge in [0.15, 0.2) is 0 Å². The van der Waals surface area contributed by atoms with Crippen LogP contribution < -0.4 is 11.1 Å². The van der Waals surface area contributed by atoms with Crippen LogP contribution in [0, 0.1) is 6.92 Å². The second-order valence-electron chi connectivity index (χ2n) is 5.28. The standard InChI is InChI=1S/C14H26N4/c1-10(2)18(11(3)4)7-6-16-14-8-13(15)12(5)9-17-14/h8-11H,6-7H2,1-5H3,(H3,15,16,17). The number of hydrogen-bond acceptors (Lipinski definition) is 4. The lowest BCUT2D eigenvalue weighted by Crippen LogP contribution is -2.40. The van der Waals surface area contributed by atoms with Crippen LogP contribution in [0.2, 0.25) is 0 Å². The molecule has 18 heavy (non-hydrogen) atoms. The molecule has 0 unspecified atom stereocenters. The van der Waals surface area contributed by atoms with E-state index in [0.29, 0.717) is 12.1 Å². The van der Waals surface area contributed by atoms with E-state index in [1.165, 1.54) is 0 Å². The average molecular weight is 250 g/mol. The normalized spacial score (nSPS) is 11.6. The number of anilines is 2. The van der Waals surface area contributed by atoms with E-state index in [1.54, 1.807) is 6.20 Å². The Hall–Kier alpha value is -1.29. The molecule has 3 N–H and O–H groups in total. The summed E-state index contributed by atoms with van der Waals surface area (Å²) in [5.41, 5.74) is 7.67. The molecule has 102 valence electrons. The number of hydrogen-bond donors (Lipinski definition) is 2. The highest BCUT2D eigenvalue weighted by atomic mass is 15.2. The van der Waals surface area contributed by atoms with Gasteiger partial charge in [-0.05, 0) is 40.2 Å². The topological polar surface area (TPSA) is 54.2 Å². The first-order valence-corrected chi connectivity index (χ1v) is 6.63. The van der Waals surface area contributed by atoms with Crippen molar-refractivity contribution in [3.05, 3.63) is 17.8 Å². The van der Waals surface area contributed by atoms with Gasteiger partial charge >= 0.3 is 0 Å². The number of pyridine rings is 1. The Balaban J connectivity index is 2.47. The van der Waals surface area contributed by atoms with Crippen molar-refractivity contribution >= 4 is 11.5 Å². The zero-order chi connectivity index (χ0) is 13.7. The summed E-state index contributed by atoms with van der Waals surface area (Å²) in [4.78, 5) is 6.76. The molecule has 0 bridgehead atoms. The van der Waals surface area contributed by atoms with Gasteiger partial charge in [-0.1, -0.05) is 0 Å². The van der Waals surface area contributed by atoms with Gasteiger partial charge in [-0.3, -0.25) is 4.90 Å². The molecule has 4 heteroatoms. The highest BCUT2D eigenvalue weighted by Crippen LogP contribution is 2.13. The molecule has 0 fully saturated rings. The fraction of sp³-hybridized carbons (Fsp3) is 0.643. The SMILES string of the molecule is Cc1cnc(NCCN(C(C)C)C(C)C)cc1N. The van der Waals surface area contributed by atoms with Gasteiger partial charge in [-0.15, -0.1) is 0 Å². The van der Waals surface area contributed by atoms with Crippen molar-refractivity contribution in [2.45, 2.75) is 46.7 Å². The molecule has 4 nitrogen and oxygen atoms in total. The second-order valence-corrected chi connectivity index (χ2v) is 5.28. The number of nitrogens with zero attached hydrogens (tertiary/aromatic N) is 2. The summed E-state index contributed by atoms with van der Waals surface area (Å²) in [5.74, 6) is 0.852. The van der Waals surface area contributed by atoms with Gasteiger partial charge in [0.1, 0.15) is 5.82 Å². The molecule has 1 heterocycles. The first-order chi connectivity index (χ1) is 8.41. The van der Waals surface area contributed by atoms with Crippen molar-refractivity contribution < 1.29 is 0 Å². The smallest absolute Gasteiger partial charge is 0.128 e. The minimum Gasteiger partial charge on any atom is -0.398 e. The Labute approximate surface area is 111 Å². The van der Waals surface area contributed by atoms with Crippen LogP contribution in [0.4, 0.5) is 11.5 Å². The highest BCUT2D eigenvalue weighted by molar-refractivity contribution is 5.53. The van der Waals surface area contributed by atoms with Crippen molar-refractivity contribution in [1.82, 2.24) is 9.88 Å². The van der Waals surface area contributed by atoms with E-state index in [0.717, 1.165) is 30.2 Å². The zero-order valence-electron chi connectivity index (χ0n) is 12.2. The molecule has 0 aliphatic carbocycles. The summed E-state index contributed by atoms with van der Waals surface area (Å²) in [6.07, 6.45) is 1.81. The predicted octanol–water partition coefficient (Wildman–Crippen LogP) is 2.50. The molecule has 1 aromatic heterocycles. The third-order valence-corrected chi connectivity index (χ3v) is 3.15. The van der Waals surface area contributed by atoms with Crippen LogP contribution >= 0.6 is 0 Å². The molecule has 0 aromatic carbocycles.